The fraction of sp³-hybridized carbons (Fsp3) is 0.641. The molecule has 274 valence electrons. The first-order chi connectivity index (χ1) is 24.1. The Balaban J connectivity index is 1.06. The van der Waals surface area contributed by atoms with Gasteiger partial charge in [0.2, 0.25) is 0 Å². The van der Waals surface area contributed by atoms with Crippen LogP contribution in [0.25, 0.3) is 22.3 Å². The molecule has 0 radical (unpaired) electrons. The number of amides is 1. The molecule has 9 rings (SSSR count). The van der Waals surface area contributed by atoms with Gasteiger partial charge in [-0.15, -0.1) is 0 Å². The van der Waals surface area contributed by atoms with E-state index < -0.39 is 29.0 Å². The maximum atomic E-state index is 15.3. The molecule has 1 saturated heterocycles. The maximum Gasteiger partial charge on any atom is 0.287 e. The van der Waals surface area contributed by atoms with E-state index in [0.29, 0.717) is 23.1 Å². The normalized spacial score (nSPS) is 31.5. The molecule has 6 fully saturated rings. The number of fused-ring (bicyclic) bond motifs is 1. The molecule has 51 heavy (non-hydrogen) atoms. The third-order valence-electron chi connectivity index (χ3n) is 12.7. The average Bonchev–Trinajstić information content (AvgIpc) is 3.44. The van der Waals surface area contributed by atoms with Crippen LogP contribution in [0.1, 0.15) is 108 Å². The van der Waals surface area contributed by atoms with Crippen LogP contribution in [0, 0.1) is 23.7 Å². The fourth-order valence-corrected chi connectivity index (χ4v) is 10.5. The number of hydrogen-bond donors (Lipinski definition) is 1. The molecule has 2 aromatic heterocycles. The first-order valence-corrected chi connectivity index (χ1v) is 18.6. The summed E-state index contributed by atoms with van der Waals surface area (Å²) in [6, 6.07) is 5.84. The number of carbonyl (C=O) groups excluding carboxylic acids is 2. The van der Waals surface area contributed by atoms with Gasteiger partial charge in [-0.2, -0.15) is 8.78 Å². The highest BCUT2D eigenvalue weighted by molar-refractivity contribution is 6.01. The van der Waals surface area contributed by atoms with Crippen LogP contribution in [0.5, 0.6) is 5.75 Å². The molecule has 1 aromatic carbocycles. The number of ether oxygens (including phenoxy) is 1. The lowest BCUT2D eigenvalue weighted by Crippen LogP contribution is -2.69. The number of aromatic nitrogens is 3. The monoisotopic (exact) mass is 709 g/mol. The lowest BCUT2D eigenvalue weighted by atomic mass is 9.47. The van der Waals surface area contributed by atoms with E-state index in [1.54, 1.807) is 0 Å². The van der Waals surface area contributed by atoms with Crippen molar-refractivity contribution in [3.63, 3.8) is 0 Å². The van der Waals surface area contributed by atoms with Crippen molar-refractivity contribution in [2.75, 3.05) is 13.1 Å². The van der Waals surface area contributed by atoms with Crippen molar-refractivity contribution < 1.29 is 31.9 Å². The number of rotatable bonds is 9. The summed E-state index contributed by atoms with van der Waals surface area (Å²) in [5.41, 5.74) is -0.665. The minimum atomic E-state index is -3.45. The summed E-state index contributed by atoms with van der Waals surface area (Å²) in [6.07, 6.45) is 10.8. The number of carbonyl (C=O) groups is 2. The highest BCUT2D eigenvalue weighted by Crippen LogP contribution is 2.58. The number of benzene rings is 1. The van der Waals surface area contributed by atoms with Crippen molar-refractivity contribution in [2.24, 2.45) is 23.7 Å². The molecular formula is C39H47F4N5O3. The summed E-state index contributed by atoms with van der Waals surface area (Å²) in [7, 11) is 0. The van der Waals surface area contributed by atoms with Gasteiger partial charge in [-0.05, 0) is 114 Å². The lowest BCUT2D eigenvalue weighted by molar-refractivity contribution is -0.151. The topological polar surface area (TPSA) is 89.3 Å². The van der Waals surface area contributed by atoms with Crippen LogP contribution in [-0.4, -0.2) is 67.8 Å². The van der Waals surface area contributed by atoms with Crippen LogP contribution in [0.4, 0.5) is 17.6 Å². The van der Waals surface area contributed by atoms with Gasteiger partial charge in [-0.25, -0.2) is 18.7 Å². The number of halogens is 4. The lowest BCUT2D eigenvalue weighted by Gasteiger charge is -2.60. The van der Waals surface area contributed by atoms with E-state index in [0.717, 1.165) is 69.2 Å². The number of ketones is 1. The number of alkyl halides is 4. The Morgan fingerprint density at radius 2 is 1.65 bits per heavy atom. The van der Waals surface area contributed by atoms with Crippen molar-refractivity contribution >= 4 is 22.6 Å². The van der Waals surface area contributed by atoms with E-state index in [2.05, 4.69) is 15.3 Å². The van der Waals surface area contributed by atoms with Gasteiger partial charge < -0.3 is 14.6 Å². The van der Waals surface area contributed by atoms with Gasteiger partial charge in [0.1, 0.15) is 17.0 Å². The number of Topliss-reactive ketones (excluding diaryl/α,β-unsaturated/α-hetero) is 1. The van der Waals surface area contributed by atoms with Gasteiger partial charge in [-0.3, -0.25) is 14.5 Å². The van der Waals surface area contributed by atoms with Crippen molar-refractivity contribution in [3.05, 3.63) is 41.9 Å². The number of nitrogens with zero attached hydrogens (tertiary/aromatic N) is 4. The molecule has 1 amide bonds. The molecular weight excluding hydrogens is 662 g/mol. The van der Waals surface area contributed by atoms with Gasteiger partial charge in [0, 0.05) is 48.4 Å². The average molecular weight is 710 g/mol. The Morgan fingerprint density at radius 3 is 2.22 bits per heavy atom. The van der Waals surface area contributed by atoms with Gasteiger partial charge in [0.05, 0.1) is 30.3 Å². The molecule has 3 heterocycles. The van der Waals surface area contributed by atoms with Gasteiger partial charge in [-0.1, -0.05) is 0 Å². The maximum absolute atomic E-state index is 15.3. The second-order valence-electron chi connectivity index (χ2n) is 16.6. The number of hydrogen-bond acceptors (Lipinski definition) is 6. The van der Waals surface area contributed by atoms with Crippen LogP contribution >= 0.6 is 0 Å². The summed E-state index contributed by atoms with van der Waals surface area (Å²) in [6.45, 7) is 5.97. The van der Waals surface area contributed by atoms with Crippen LogP contribution in [0.3, 0.4) is 0 Å². The van der Waals surface area contributed by atoms with Crippen LogP contribution in [0.15, 0.2) is 30.6 Å². The third kappa shape index (κ3) is 6.03. The van der Waals surface area contributed by atoms with E-state index in [1.165, 1.54) is 19.5 Å². The highest BCUT2D eigenvalue weighted by Gasteiger charge is 2.60. The molecule has 8 nitrogen and oxygen atoms in total. The van der Waals surface area contributed by atoms with Gasteiger partial charge in [0.25, 0.3) is 17.8 Å². The smallest absolute Gasteiger partial charge is 0.287 e. The Hall–Kier alpha value is -3.54. The quantitative estimate of drug-likeness (QED) is 0.227. The zero-order valence-corrected chi connectivity index (χ0v) is 29.7. The zero-order valence-electron chi connectivity index (χ0n) is 29.7. The molecule has 4 bridgehead atoms. The predicted octanol–water partition coefficient (Wildman–Crippen LogP) is 7.95. The fourth-order valence-electron chi connectivity index (χ4n) is 10.5. The van der Waals surface area contributed by atoms with E-state index in [9.17, 15) is 18.4 Å². The molecule has 1 N–H and O–H groups in total. The Morgan fingerprint density at radius 1 is 1.00 bits per heavy atom. The van der Waals surface area contributed by atoms with Crippen molar-refractivity contribution in [1.82, 2.24) is 24.8 Å². The molecule has 5 saturated carbocycles. The minimum absolute atomic E-state index is 0.00763. The summed E-state index contributed by atoms with van der Waals surface area (Å²) in [5, 5.41) is 3.77. The van der Waals surface area contributed by atoms with Gasteiger partial charge in [0.15, 0.2) is 11.6 Å². The Labute approximate surface area is 295 Å². The Kier molecular flexibility index (Phi) is 8.31. The molecule has 0 spiro atoms. The van der Waals surface area contributed by atoms with Crippen LogP contribution in [0.2, 0.25) is 0 Å². The summed E-state index contributed by atoms with van der Waals surface area (Å²) >= 11 is 0. The molecule has 3 aromatic rings. The summed E-state index contributed by atoms with van der Waals surface area (Å²) < 4.78 is 65.9. The largest absolute Gasteiger partial charge is 0.490 e. The molecule has 12 heteroatoms. The standard InChI is InChI=1S/C39H47F4N5O3/c1-21(2)48-18-32(30-10-9-29(16-33(30)48)51-28-7-5-27(6-8-28)47-19-38(42,43)20-47)35-44-17-31(34(45-35)37(4,40)41)36(50)46-39(22(3)49)25-12-23-11-24(14-25)15-26(39)13-23/h9-10,16-18,21,23-28H,5-8,11-15,19-20H2,1-4H3,(H,46,50)/t23?,24?,25?,26?,27-,28-,39?. The number of likely N-dealkylation sites (tertiary alicyclic amines) is 1. The van der Waals surface area contributed by atoms with Crippen molar-refractivity contribution in [1.29, 1.82) is 0 Å². The first-order valence-electron chi connectivity index (χ1n) is 18.6. The zero-order chi connectivity index (χ0) is 36.0. The van der Waals surface area contributed by atoms with Crippen molar-refractivity contribution in [3.8, 4) is 17.1 Å². The molecule has 6 aliphatic rings. The first kappa shape index (κ1) is 34.5. The second kappa shape index (κ2) is 12.3. The molecule has 1 aliphatic heterocycles. The van der Waals surface area contributed by atoms with Gasteiger partial charge >= 0.3 is 0 Å². The molecule has 0 atom stereocenters. The van der Waals surface area contributed by atoms with Crippen molar-refractivity contribution in [2.45, 2.75) is 121 Å². The number of nitrogens with one attached hydrogen (secondary N) is 1. The summed E-state index contributed by atoms with van der Waals surface area (Å²) in [5.74, 6) is -4.99. The van der Waals surface area contributed by atoms with E-state index in [-0.39, 0.29) is 60.3 Å². The highest BCUT2D eigenvalue weighted by atomic mass is 19.3. The van der Waals surface area contributed by atoms with E-state index in [4.69, 9.17) is 4.74 Å². The Bertz CT molecular complexity index is 1820. The molecule has 0 unspecified atom stereocenters. The minimum Gasteiger partial charge on any atom is -0.490 e. The molecule has 5 aliphatic carbocycles. The second-order valence-corrected chi connectivity index (χ2v) is 16.6. The third-order valence-corrected chi connectivity index (χ3v) is 12.7. The SMILES string of the molecule is CC(=O)C1(NC(=O)c2cnc(-c3cn(C(C)C)c4cc(O[C@H]5CC[C@H](N6CC(F)(F)C6)CC5)ccc34)nc2C(C)(F)F)C2CC3CC(C2)CC1C3. The van der Waals surface area contributed by atoms with E-state index in [1.807, 2.05) is 47.7 Å². The predicted molar refractivity (Wildman–Crippen MR) is 184 cm³/mol. The summed E-state index contributed by atoms with van der Waals surface area (Å²) in [4.78, 5) is 38.0. The van der Waals surface area contributed by atoms with Crippen LogP contribution in [-0.2, 0) is 10.7 Å². The van der Waals surface area contributed by atoms with Crippen LogP contribution < -0.4 is 10.1 Å². The van der Waals surface area contributed by atoms with E-state index >= 15 is 8.78 Å².